The standard InChI is InChI=1S/C21H20N2O5/c1-27-18-10-15(11-19(28-2)20(18)25)4-3-5-16(12-22)21(26)23-13-14-6-8-17(24)9-7-14/h3-11,24-25H,13H2,1-2H3,(H,23,26)/b4-3+,16-5+. The van der Waals surface area contributed by atoms with E-state index in [9.17, 15) is 20.3 Å². The predicted octanol–water partition coefficient (Wildman–Crippen LogP) is 2.89. The van der Waals surface area contributed by atoms with Crippen LogP contribution in [0.2, 0.25) is 0 Å². The Morgan fingerprint density at radius 3 is 2.29 bits per heavy atom. The van der Waals surface area contributed by atoms with E-state index in [1.807, 2.05) is 6.07 Å². The maximum absolute atomic E-state index is 12.1. The molecule has 0 radical (unpaired) electrons. The molecule has 0 atom stereocenters. The minimum Gasteiger partial charge on any atom is -0.508 e. The van der Waals surface area contributed by atoms with Crippen molar-refractivity contribution in [1.82, 2.24) is 5.32 Å². The van der Waals surface area contributed by atoms with Crippen molar-refractivity contribution in [3.63, 3.8) is 0 Å². The summed E-state index contributed by atoms with van der Waals surface area (Å²) in [5.41, 5.74) is 1.39. The van der Waals surface area contributed by atoms with Crippen LogP contribution >= 0.6 is 0 Å². The maximum atomic E-state index is 12.1. The van der Waals surface area contributed by atoms with E-state index < -0.39 is 5.91 Å². The molecule has 0 spiro atoms. The van der Waals surface area contributed by atoms with Gasteiger partial charge in [-0.2, -0.15) is 5.26 Å². The second-order valence-electron chi connectivity index (χ2n) is 5.67. The Kier molecular flexibility index (Phi) is 7.06. The summed E-state index contributed by atoms with van der Waals surface area (Å²) in [6.07, 6.45) is 4.58. The van der Waals surface area contributed by atoms with Gasteiger partial charge in [0.2, 0.25) is 5.75 Å². The minimum atomic E-state index is -0.513. The molecule has 7 heteroatoms. The summed E-state index contributed by atoms with van der Waals surface area (Å²) in [6, 6.07) is 11.4. The first-order valence-corrected chi connectivity index (χ1v) is 8.28. The highest BCUT2D eigenvalue weighted by atomic mass is 16.5. The molecule has 2 rings (SSSR count). The van der Waals surface area contributed by atoms with Gasteiger partial charge in [0, 0.05) is 6.54 Å². The number of phenolic OH excluding ortho intramolecular Hbond substituents is 2. The van der Waals surface area contributed by atoms with E-state index in [2.05, 4.69) is 5.32 Å². The van der Waals surface area contributed by atoms with E-state index in [4.69, 9.17) is 9.47 Å². The maximum Gasteiger partial charge on any atom is 0.262 e. The number of rotatable bonds is 7. The number of hydrogen-bond donors (Lipinski definition) is 3. The largest absolute Gasteiger partial charge is 0.508 e. The number of hydrogen-bond acceptors (Lipinski definition) is 6. The van der Waals surface area contributed by atoms with E-state index >= 15 is 0 Å². The van der Waals surface area contributed by atoms with Crippen molar-refractivity contribution in [2.45, 2.75) is 6.54 Å². The number of phenols is 2. The van der Waals surface area contributed by atoms with Gasteiger partial charge in [-0.3, -0.25) is 4.79 Å². The molecule has 7 nitrogen and oxygen atoms in total. The van der Waals surface area contributed by atoms with E-state index in [-0.39, 0.29) is 35.1 Å². The van der Waals surface area contributed by atoms with Gasteiger partial charge in [-0.05, 0) is 41.5 Å². The third kappa shape index (κ3) is 5.29. The van der Waals surface area contributed by atoms with Gasteiger partial charge in [0.15, 0.2) is 11.5 Å². The zero-order valence-corrected chi connectivity index (χ0v) is 15.5. The Hall–Kier alpha value is -3.92. The summed E-state index contributed by atoms with van der Waals surface area (Å²) in [7, 11) is 2.85. The van der Waals surface area contributed by atoms with Crippen molar-refractivity contribution in [2.24, 2.45) is 0 Å². The molecule has 0 bridgehead atoms. The van der Waals surface area contributed by atoms with Crippen LogP contribution in [-0.2, 0) is 11.3 Å². The summed E-state index contributed by atoms with van der Waals surface area (Å²) in [5, 5.41) is 31.0. The Morgan fingerprint density at radius 2 is 1.75 bits per heavy atom. The molecule has 1 amide bonds. The molecule has 0 saturated carbocycles. The first-order chi connectivity index (χ1) is 13.5. The summed E-state index contributed by atoms with van der Waals surface area (Å²) >= 11 is 0. The molecule has 2 aromatic carbocycles. The third-order valence-electron chi connectivity index (χ3n) is 3.81. The topological polar surface area (TPSA) is 112 Å². The molecule has 0 heterocycles. The number of methoxy groups -OCH3 is 2. The second-order valence-corrected chi connectivity index (χ2v) is 5.67. The molecule has 144 valence electrons. The molecule has 2 aromatic rings. The Labute approximate surface area is 162 Å². The van der Waals surface area contributed by atoms with Crippen molar-refractivity contribution >= 4 is 12.0 Å². The molecule has 0 aliphatic carbocycles. The fourth-order valence-electron chi connectivity index (χ4n) is 2.32. The molecule has 3 N–H and O–H groups in total. The first-order valence-electron chi connectivity index (χ1n) is 8.28. The molecule has 0 saturated heterocycles. The molecular weight excluding hydrogens is 360 g/mol. The zero-order chi connectivity index (χ0) is 20.5. The normalized spacial score (nSPS) is 11.1. The highest BCUT2D eigenvalue weighted by Gasteiger charge is 2.10. The van der Waals surface area contributed by atoms with Crippen molar-refractivity contribution in [3.05, 3.63) is 65.3 Å². The van der Waals surface area contributed by atoms with Crippen molar-refractivity contribution in [2.75, 3.05) is 14.2 Å². The van der Waals surface area contributed by atoms with E-state index in [1.54, 1.807) is 36.4 Å². The third-order valence-corrected chi connectivity index (χ3v) is 3.81. The van der Waals surface area contributed by atoms with Crippen LogP contribution in [0.1, 0.15) is 11.1 Å². The summed E-state index contributed by atoms with van der Waals surface area (Å²) in [6.45, 7) is 0.230. The van der Waals surface area contributed by atoms with Gasteiger partial charge in [0.1, 0.15) is 17.4 Å². The number of allylic oxidation sites excluding steroid dienone is 2. The Bertz CT molecular complexity index is 915. The molecular formula is C21H20N2O5. The minimum absolute atomic E-state index is 0.0623. The van der Waals surface area contributed by atoms with Gasteiger partial charge in [0.25, 0.3) is 5.91 Å². The van der Waals surface area contributed by atoms with Crippen molar-refractivity contribution in [3.8, 4) is 29.1 Å². The zero-order valence-electron chi connectivity index (χ0n) is 15.5. The molecule has 0 aliphatic heterocycles. The lowest BCUT2D eigenvalue weighted by atomic mass is 10.1. The van der Waals surface area contributed by atoms with Crippen LogP contribution in [0.3, 0.4) is 0 Å². The molecule has 0 aliphatic rings. The van der Waals surface area contributed by atoms with Crippen LogP contribution in [-0.4, -0.2) is 30.3 Å². The number of nitrogens with one attached hydrogen (secondary N) is 1. The SMILES string of the molecule is COc1cc(/C=C/C=C(\C#N)C(=O)NCc2ccc(O)cc2)cc(OC)c1O. The van der Waals surface area contributed by atoms with Gasteiger partial charge in [-0.15, -0.1) is 0 Å². The summed E-state index contributed by atoms with van der Waals surface area (Å²) in [4.78, 5) is 12.1. The van der Waals surface area contributed by atoms with E-state index in [0.29, 0.717) is 5.56 Å². The molecule has 0 unspecified atom stereocenters. The van der Waals surface area contributed by atoms with Crippen molar-refractivity contribution < 1.29 is 24.5 Å². The molecule has 0 fully saturated rings. The van der Waals surface area contributed by atoms with Crippen LogP contribution in [0.15, 0.2) is 54.1 Å². The van der Waals surface area contributed by atoms with E-state index in [0.717, 1.165) is 5.56 Å². The summed E-state index contributed by atoms with van der Waals surface area (Å²) in [5.74, 6) is 0.00989. The van der Waals surface area contributed by atoms with Gasteiger partial charge < -0.3 is 25.0 Å². The van der Waals surface area contributed by atoms with Crippen LogP contribution in [0.5, 0.6) is 23.0 Å². The lowest BCUT2D eigenvalue weighted by molar-refractivity contribution is -0.117. The fourth-order valence-corrected chi connectivity index (χ4v) is 2.32. The number of ether oxygens (including phenoxy) is 2. The predicted molar refractivity (Wildman–Crippen MR) is 104 cm³/mol. The van der Waals surface area contributed by atoms with Crippen LogP contribution in [0, 0.1) is 11.3 Å². The molecule has 0 aromatic heterocycles. The van der Waals surface area contributed by atoms with Gasteiger partial charge in [-0.25, -0.2) is 0 Å². The molecule has 28 heavy (non-hydrogen) atoms. The number of nitrogens with zero attached hydrogens (tertiary/aromatic N) is 1. The van der Waals surface area contributed by atoms with Gasteiger partial charge in [0.05, 0.1) is 14.2 Å². The number of amides is 1. The Morgan fingerprint density at radius 1 is 1.14 bits per heavy atom. The summed E-state index contributed by atoms with van der Waals surface area (Å²) < 4.78 is 10.2. The van der Waals surface area contributed by atoms with Gasteiger partial charge >= 0.3 is 0 Å². The van der Waals surface area contributed by atoms with Crippen LogP contribution in [0.25, 0.3) is 6.08 Å². The van der Waals surface area contributed by atoms with Crippen LogP contribution < -0.4 is 14.8 Å². The number of carbonyl (C=O) groups excluding carboxylic acids is 1. The first kappa shape index (κ1) is 20.4. The quantitative estimate of drug-likeness (QED) is 0.387. The number of aromatic hydroxyl groups is 2. The number of carbonyl (C=O) groups is 1. The Balaban J connectivity index is 2.08. The fraction of sp³-hybridized carbons (Fsp3) is 0.143. The van der Waals surface area contributed by atoms with Crippen LogP contribution in [0.4, 0.5) is 0 Å². The smallest absolute Gasteiger partial charge is 0.262 e. The highest BCUT2D eigenvalue weighted by molar-refractivity contribution is 5.97. The monoisotopic (exact) mass is 380 g/mol. The number of benzene rings is 2. The lowest BCUT2D eigenvalue weighted by Gasteiger charge is -2.09. The second kappa shape index (κ2) is 9.69. The average Bonchev–Trinajstić information content (AvgIpc) is 2.71. The van der Waals surface area contributed by atoms with E-state index in [1.165, 1.54) is 32.4 Å². The average molecular weight is 380 g/mol. The number of nitriles is 1. The lowest BCUT2D eigenvalue weighted by Crippen LogP contribution is -2.23. The highest BCUT2D eigenvalue weighted by Crippen LogP contribution is 2.37. The van der Waals surface area contributed by atoms with Crippen molar-refractivity contribution in [1.29, 1.82) is 5.26 Å². The van der Waals surface area contributed by atoms with Gasteiger partial charge in [-0.1, -0.05) is 24.3 Å².